The minimum atomic E-state index is -1.60. The first-order valence-electron chi connectivity index (χ1n) is 6.55. The Morgan fingerprint density at radius 3 is 1.18 bits per heavy atom. The van der Waals surface area contributed by atoms with Crippen molar-refractivity contribution in [3.8, 4) is 11.5 Å². The third-order valence-corrected chi connectivity index (χ3v) is 3.09. The van der Waals surface area contributed by atoms with Gasteiger partial charge in [-0.25, -0.2) is 0 Å². The average molecular weight is 304 g/mol. The van der Waals surface area contributed by atoms with Crippen molar-refractivity contribution in [3.05, 3.63) is 47.5 Å². The molecule has 6 N–H and O–H groups in total. The van der Waals surface area contributed by atoms with Crippen LogP contribution in [0.3, 0.4) is 0 Å². The quantitative estimate of drug-likeness (QED) is 0.386. The normalized spacial score (nSPS) is 9.73. The van der Waals surface area contributed by atoms with Crippen molar-refractivity contribution in [1.82, 2.24) is 0 Å². The molecule has 0 bridgehead atoms. The van der Waals surface area contributed by atoms with Gasteiger partial charge in [0, 0.05) is 10.9 Å². The van der Waals surface area contributed by atoms with Gasteiger partial charge in [-0.2, -0.15) is 0 Å². The van der Waals surface area contributed by atoms with Crippen molar-refractivity contribution in [2.75, 3.05) is 0 Å². The smallest absolute Gasteiger partial charge is 0.492 e. The zero-order valence-electron chi connectivity index (χ0n) is 12.3. The SMILES string of the molecule is Cc1cccc(B(O)O)c1O.Cc1cccc(B(O)O)c1O. The largest absolute Gasteiger partial charge is 0.508 e. The van der Waals surface area contributed by atoms with E-state index in [0.717, 1.165) is 0 Å². The lowest BCUT2D eigenvalue weighted by molar-refractivity contribution is 0.417. The first-order chi connectivity index (χ1) is 10.3. The predicted molar refractivity (Wildman–Crippen MR) is 85.3 cm³/mol. The summed E-state index contributed by atoms with van der Waals surface area (Å²) in [6.07, 6.45) is 0. The van der Waals surface area contributed by atoms with Crippen LogP contribution >= 0.6 is 0 Å². The number of phenolic OH excluding ortho intramolecular Hbond substituents is 2. The number of phenols is 2. The van der Waals surface area contributed by atoms with E-state index in [-0.39, 0.29) is 22.4 Å². The molecule has 22 heavy (non-hydrogen) atoms. The van der Waals surface area contributed by atoms with Crippen molar-refractivity contribution in [2.45, 2.75) is 13.8 Å². The van der Waals surface area contributed by atoms with Gasteiger partial charge in [0.2, 0.25) is 0 Å². The Kier molecular flexibility index (Phi) is 6.45. The Labute approximate surface area is 129 Å². The molecule has 8 heteroatoms. The predicted octanol–water partition coefficient (Wildman–Crippen LogP) is -1.24. The fourth-order valence-corrected chi connectivity index (χ4v) is 1.78. The number of rotatable bonds is 2. The molecule has 2 aromatic rings. The van der Waals surface area contributed by atoms with Crippen molar-refractivity contribution in [3.63, 3.8) is 0 Å². The second-order valence-electron chi connectivity index (χ2n) is 4.77. The monoisotopic (exact) mass is 304 g/mol. The number of para-hydroxylation sites is 2. The molecule has 0 fully saturated rings. The zero-order valence-corrected chi connectivity index (χ0v) is 12.3. The molecule has 0 heterocycles. The summed E-state index contributed by atoms with van der Waals surface area (Å²) in [4.78, 5) is 0. The highest BCUT2D eigenvalue weighted by Gasteiger charge is 2.16. The van der Waals surface area contributed by atoms with E-state index < -0.39 is 14.2 Å². The summed E-state index contributed by atoms with van der Waals surface area (Å²) >= 11 is 0. The maximum Gasteiger partial charge on any atom is 0.492 e. The first-order valence-corrected chi connectivity index (χ1v) is 6.55. The van der Waals surface area contributed by atoms with E-state index in [1.54, 1.807) is 38.1 Å². The van der Waals surface area contributed by atoms with Gasteiger partial charge in [-0.15, -0.1) is 0 Å². The van der Waals surface area contributed by atoms with Crippen LogP contribution in [0.5, 0.6) is 11.5 Å². The van der Waals surface area contributed by atoms with E-state index in [0.29, 0.717) is 11.1 Å². The Hall–Kier alpha value is -1.99. The van der Waals surface area contributed by atoms with Crippen LogP contribution < -0.4 is 10.9 Å². The van der Waals surface area contributed by atoms with Crippen molar-refractivity contribution in [2.24, 2.45) is 0 Å². The molecule has 0 saturated heterocycles. The molecule has 0 amide bonds. The zero-order chi connectivity index (χ0) is 16.9. The summed E-state index contributed by atoms with van der Waals surface area (Å²) in [6, 6.07) is 9.64. The lowest BCUT2D eigenvalue weighted by Gasteiger charge is -2.04. The van der Waals surface area contributed by atoms with Gasteiger partial charge in [-0.1, -0.05) is 36.4 Å². The van der Waals surface area contributed by atoms with E-state index in [1.165, 1.54) is 12.1 Å². The van der Waals surface area contributed by atoms with Crippen LogP contribution in [0.15, 0.2) is 36.4 Å². The summed E-state index contributed by atoms with van der Waals surface area (Å²) < 4.78 is 0. The molecule has 0 unspecified atom stereocenters. The van der Waals surface area contributed by atoms with Gasteiger partial charge in [-0.05, 0) is 25.0 Å². The van der Waals surface area contributed by atoms with Gasteiger partial charge in [0.25, 0.3) is 0 Å². The molecule has 116 valence electrons. The van der Waals surface area contributed by atoms with Crippen LogP contribution in [-0.2, 0) is 0 Å². The van der Waals surface area contributed by atoms with Gasteiger partial charge < -0.3 is 30.3 Å². The van der Waals surface area contributed by atoms with E-state index in [1.807, 2.05) is 0 Å². The summed E-state index contributed by atoms with van der Waals surface area (Å²) in [6.45, 7) is 3.39. The lowest BCUT2D eigenvalue weighted by Crippen LogP contribution is -2.30. The number of aromatic hydroxyl groups is 2. The second-order valence-corrected chi connectivity index (χ2v) is 4.77. The molecule has 6 nitrogen and oxygen atoms in total. The van der Waals surface area contributed by atoms with Crippen LogP contribution in [0, 0.1) is 13.8 Å². The minimum Gasteiger partial charge on any atom is -0.508 e. The first kappa shape index (κ1) is 18.1. The maximum atomic E-state index is 9.25. The average Bonchev–Trinajstić information content (AvgIpc) is 2.45. The molecule has 0 saturated carbocycles. The van der Waals surface area contributed by atoms with Crippen LogP contribution in [-0.4, -0.2) is 44.5 Å². The molecular formula is C14H18B2O6. The Morgan fingerprint density at radius 1 is 0.636 bits per heavy atom. The standard InChI is InChI=1S/2C7H9BO3/c2*1-5-3-2-4-6(7(5)9)8(10)11/h2*2-4,9-11H,1H3. The fourth-order valence-electron chi connectivity index (χ4n) is 1.78. The molecule has 0 radical (unpaired) electrons. The van der Waals surface area contributed by atoms with Gasteiger partial charge in [-0.3, -0.25) is 0 Å². The molecule has 0 aromatic heterocycles. The number of hydrogen-bond donors (Lipinski definition) is 6. The number of aryl methyl sites for hydroxylation is 2. The van der Waals surface area contributed by atoms with E-state index in [2.05, 4.69) is 0 Å². The van der Waals surface area contributed by atoms with Crippen molar-refractivity contribution in [1.29, 1.82) is 0 Å². The second kappa shape index (κ2) is 7.86. The highest BCUT2D eigenvalue weighted by Crippen LogP contribution is 2.12. The highest BCUT2D eigenvalue weighted by molar-refractivity contribution is 6.60. The van der Waals surface area contributed by atoms with Gasteiger partial charge >= 0.3 is 14.2 Å². The third kappa shape index (κ3) is 4.51. The van der Waals surface area contributed by atoms with Crippen molar-refractivity contribution >= 4 is 25.2 Å². The summed E-state index contributed by atoms with van der Waals surface area (Å²) in [7, 11) is -3.20. The molecule has 0 spiro atoms. The Balaban J connectivity index is 0.000000220. The van der Waals surface area contributed by atoms with Gasteiger partial charge in [0.15, 0.2) is 0 Å². The molecular weight excluding hydrogens is 286 g/mol. The van der Waals surface area contributed by atoms with E-state index in [4.69, 9.17) is 20.1 Å². The fraction of sp³-hybridized carbons (Fsp3) is 0.143. The molecule has 2 aromatic carbocycles. The lowest BCUT2D eigenvalue weighted by atomic mass is 9.79. The summed E-state index contributed by atoms with van der Waals surface area (Å²) in [5.74, 6) is -0.106. The molecule has 0 aliphatic heterocycles. The maximum absolute atomic E-state index is 9.25. The van der Waals surface area contributed by atoms with Crippen LogP contribution in [0.2, 0.25) is 0 Å². The summed E-state index contributed by atoms with van der Waals surface area (Å²) in [5, 5.41) is 53.4. The van der Waals surface area contributed by atoms with Crippen LogP contribution in [0.1, 0.15) is 11.1 Å². The number of benzene rings is 2. The third-order valence-electron chi connectivity index (χ3n) is 3.09. The van der Waals surface area contributed by atoms with Crippen LogP contribution in [0.4, 0.5) is 0 Å². The Morgan fingerprint density at radius 2 is 0.955 bits per heavy atom. The topological polar surface area (TPSA) is 121 Å². The van der Waals surface area contributed by atoms with Gasteiger partial charge in [0.05, 0.1) is 0 Å². The molecule has 0 aliphatic rings. The Bertz CT molecular complexity index is 575. The minimum absolute atomic E-state index is 0.0532. The van der Waals surface area contributed by atoms with Crippen LogP contribution in [0.25, 0.3) is 0 Å². The number of hydrogen-bond acceptors (Lipinski definition) is 6. The molecule has 0 aliphatic carbocycles. The molecule has 2 rings (SSSR count). The van der Waals surface area contributed by atoms with Crippen molar-refractivity contribution < 1.29 is 30.3 Å². The highest BCUT2D eigenvalue weighted by atomic mass is 16.4. The molecule has 0 atom stereocenters. The van der Waals surface area contributed by atoms with E-state index >= 15 is 0 Å². The van der Waals surface area contributed by atoms with E-state index in [9.17, 15) is 10.2 Å². The van der Waals surface area contributed by atoms with Gasteiger partial charge in [0.1, 0.15) is 11.5 Å². The summed E-state index contributed by atoms with van der Waals surface area (Å²) in [5.41, 5.74) is 1.56.